The highest BCUT2D eigenvalue weighted by Gasteiger charge is 2.24. The molecular formula is C16H23N3OS. The molecule has 0 N–H and O–H groups in total. The lowest BCUT2D eigenvalue weighted by atomic mass is 10.2. The van der Waals surface area contributed by atoms with Gasteiger partial charge in [-0.2, -0.15) is 11.8 Å². The van der Waals surface area contributed by atoms with E-state index in [2.05, 4.69) is 16.0 Å². The molecule has 2 heterocycles. The van der Waals surface area contributed by atoms with Gasteiger partial charge in [-0.3, -0.25) is 14.7 Å². The molecule has 5 heteroatoms. The fraction of sp³-hybridized carbons (Fsp3) is 0.625. The molecule has 3 rings (SSSR count). The molecule has 1 saturated heterocycles. The fourth-order valence-electron chi connectivity index (χ4n) is 2.56. The number of thioether (sulfide) groups is 1. The van der Waals surface area contributed by atoms with Crippen LogP contribution in [0.15, 0.2) is 24.4 Å². The van der Waals surface area contributed by atoms with E-state index in [-0.39, 0.29) is 0 Å². The molecule has 0 bridgehead atoms. The smallest absolute Gasteiger partial charge is 0.232 e. The second kappa shape index (κ2) is 7.27. The lowest BCUT2D eigenvalue weighted by Crippen LogP contribution is -2.48. The minimum atomic E-state index is 0.318. The van der Waals surface area contributed by atoms with Gasteiger partial charge in [0.1, 0.15) is 0 Å². The number of hydrogen-bond donors (Lipinski definition) is 0. The van der Waals surface area contributed by atoms with Crippen molar-refractivity contribution in [3.8, 4) is 0 Å². The van der Waals surface area contributed by atoms with Crippen molar-refractivity contribution in [3.05, 3.63) is 30.1 Å². The predicted molar refractivity (Wildman–Crippen MR) is 86.1 cm³/mol. The third kappa shape index (κ3) is 4.71. The Bertz CT molecular complexity index is 456. The van der Waals surface area contributed by atoms with Gasteiger partial charge in [-0.05, 0) is 36.6 Å². The fourth-order valence-corrected chi connectivity index (χ4v) is 3.71. The van der Waals surface area contributed by atoms with Crippen molar-refractivity contribution in [1.29, 1.82) is 0 Å². The SMILES string of the molecule is O=C(CSCC1CC1)N1CCN(Cc2ccccn2)CC1. The maximum Gasteiger partial charge on any atom is 0.232 e. The van der Waals surface area contributed by atoms with Gasteiger partial charge in [-0.1, -0.05) is 6.07 Å². The number of amides is 1. The van der Waals surface area contributed by atoms with E-state index in [1.807, 2.05) is 35.0 Å². The van der Waals surface area contributed by atoms with Crippen LogP contribution in [0.3, 0.4) is 0 Å². The van der Waals surface area contributed by atoms with Crippen LogP contribution in [-0.2, 0) is 11.3 Å². The Kier molecular flexibility index (Phi) is 5.14. The highest BCUT2D eigenvalue weighted by molar-refractivity contribution is 7.99. The Labute approximate surface area is 130 Å². The molecule has 0 atom stereocenters. The molecule has 21 heavy (non-hydrogen) atoms. The van der Waals surface area contributed by atoms with E-state index >= 15 is 0 Å². The monoisotopic (exact) mass is 305 g/mol. The van der Waals surface area contributed by atoms with Gasteiger partial charge in [-0.15, -0.1) is 0 Å². The number of rotatable bonds is 6. The van der Waals surface area contributed by atoms with Gasteiger partial charge in [-0.25, -0.2) is 0 Å². The molecule has 0 aromatic carbocycles. The zero-order valence-electron chi connectivity index (χ0n) is 12.4. The molecule has 114 valence electrons. The van der Waals surface area contributed by atoms with Crippen molar-refractivity contribution in [1.82, 2.24) is 14.8 Å². The number of piperazine rings is 1. The summed E-state index contributed by atoms with van der Waals surface area (Å²) in [6.45, 7) is 4.51. The number of hydrogen-bond acceptors (Lipinski definition) is 4. The summed E-state index contributed by atoms with van der Waals surface area (Å²) in [6, 6.07) is 6.03. The van der Waals surface area contributed by atoms with Crippen molar-refractivity contribution in [3.63, 3.8) is 0 Å². The molecule has 1 aliphatic carbocycles. The van der Waals surface area contributed by atoms with Gasteiger partial charge in [0.05, 0.1) is 11.4 Å². The summed E-state index contributed by atoms with van der Waals surface area (Å²) in [6.07, 6.45) is 4.58. The Morgan fingerprint density at radius 3 is 2.71 bits per heavy atom. The van der Waals surface area contributed by atoms with Gasteiger partial charge in [0.15, 0.2) is 0 Å². The summed E-state index contributed by atoms with van der Waals surface area (Å²) in [5.74, 6) is 3.05. The van der Waals surface area contributed by atoms with Crippen LogP contribution < -0.4 is 0 Å². The van der Waals surface area contributed by atoms with Gasteiger partial charge in [0, 0.05) is 38.9 Å². The van der Waals surface area contributed by atoms with Crippen molar-refractivity contribution < 1.29 is 4.79 Å². The normalized spacial score (nSPS) is 19.7. The van der Waals surface area contributed by atoms with Crippen LogP contribution in [0.1, 0.15) is 18.5 Å². The van der Waals surface area contributed by atoms with E-state index in [0.29, 0.717) is 11.7 Å². The van der Waals surface area contributed by atoms with Crippen LogP contribution in [0.25, 0.3) is 0 Å². The largest absolute Gasteiger partial charge is 0.339 e. The molecule has 0 radical (unpaired) electrons. The molecule has 1 aromatic heterocycles. The second-order valence-electron chi connectivity index (χ2n) is 5.94. The molecule has 1 amide bonds. The number of aromatic nitrogens is 1. The van der Waals surface area contributed by atoms with E-state index in [1.54, 1.807) is 0 Å². The average Bonchev–Trinajstić information content (AvgIpc) is 3.33. The molecule has 1 saturated carbocycles. The van der Waals surface area contributed by atoms with Crippen LogP contribution in [0.2, 0.25) is 0 Å². The van der Waals surface area contributed by atoms with Crippen molar-refractivity contribution in [2.45, 2.75) is 19.4 Å². The van der Waals surface area contributed by atoms with Crippen LogP contribution >= 0.6 is 11.8 Å². The van der Waals surface area contributed by atoms with Crippen molar-refractivity contribution in [2.24, 2.45) is 5.92 Å². The van der Waals surface area contributed by atoms with Crippen LogP contribution in [0, 0.1) is 5.92 Å². The highest BCUT2D eigenvalue weighted by Crippen LogP contribution is 2.32. The van der Waals surface area contributed by atoms with Crippen molar-refractivity contribution >= 4 is 17.7 Å². The molecule has 4 nitrogen and oxygen atoms in total. The first-order valence-electron chi connectivity index (χ1n) is 7.79. The minimum absolute atomic E-state index is 0.318. The third-order valence-corrected chi connectivity index (χ3v) is 5.27. The Hall–Kier alpha value is -1.07. The predicted octanol–water partition coefficient (Wildman–Crippen LogP) is 1.87. The van der Waals surface area contributed by atoms with E-state index in [0.717, 1.165) is 44.3 Å². The number of carbonyl (C=O) groups excluding carboxylic acids is 1. The Balaban J connectivity index is 1.36. The maximum atomic E-state index is 12.1. The first-order chi connectivity index (χ1) is 10.3. The van der Waals surface area contributed by atoms with Gasteiger partial charge >= 0.3 is 0 Å². The quantitative estimate of drug-likeness (QED) is 0.804. The molecular weight excluding hydrogens is 282 g/mol. The molecule has 1 aromatic rings. The second-order valence-corrected chi connectivity index (χ2v) is 6.97. The van der Waals surface area contributed by atoms with Gasteiger partial charge < -0.3 is 4.90 Å². The first-order valence-corrected chi connectivity index (χ1v) is 8.94. The van der Waals surface area contributed by atoms with Crippen molar-refractivity contribution in [2.75, 3.05) is 37.7 Å². The summed E-state index contributed by atoms with van der Waals surface area (Å²) in [5, 5.41) is 0. The zero-order valence-corrected chi connectivity index (χ0v) is 13.2. The summed E-state index contributed by atoms with van der Waals surface area (Å²) in [5.41, 5.74) is 1.11. The lowest BCUT2D eigenvalue weighted by Gasteiger charge is -2.34. The van der Waals surface area contributed by atoms with Crippen LogP contribution in [0.5, 0.6) is 0 Å². The van der Waals surface area contributed by atoms with E-state index < -0.39 is 0 Å². The Morgan fingerprint density at radius 1 is 1.24 bits per heavy atom. The van der Waals surface area contributed by atoms with E-state index in [9.17, 15) is 4.79 Å². The summed E-state index contributed by atoms with van der Waals surface area (Å²) >= 11 is 1.81. The number of carbonyl (C=O) groups is 1. The number of nitrogens with zero attached hydrogens (tertiary/aromatic N) is 3. The molecule has 2 aliphatic rings. The maximum absolute atomic E-state index is 12.1. The van der Waals surface area contributed by atoms with Gasteiger partial charge in [0.2, 0.25) is 5.91 Å². The topological polar surface area (TPSA) is 36.4 Å². The third-order valence-electron chi connectivity index (χ3n) is 4.11. The van der Waals surface area contributed by atoms with E-state index in [4.69, 9.17) is 0 Å². The molecule has 2 fully saturated rings. The summed E-state index contributed by atoms with van der Waals surface area (Å²) in [4.78, 5) is 20.9. The van der Waals surface area contributed by atoms with Gasteiger partial charge in [0.25, 0.3) is 0 Å². The molecule has 1 aliphatic heterocycles. The van der Waals surface area contributed by atoms with E-state index in [1.165, 1.54) is 18.6 Å². The molecule has 0 spiro atoms. The van der Waals surface area contributed by atoms with Crippen LogP contribution in [0.4, 0.5) is 0 Å². The summed E-state index contributed by atoms with van der Waals surface area (Å²) in [7, 11) is 0. The Morgan fingerprint density at radius 2 is 2.05 bits per heavy atom. The number of pyridine rings is 1. The minimum Gasteiger partial charge on any atom is -0.339 e. The van der Waals surface area contributed by atoms with Crippen LogP contribution in [-0.4, -0.2) is 58.4 Å². The lowest BCUT2D eigenvalue weighted by molar-refractivity contribution is -0.130. The highest BCUT2D eigenvalue weighted by atomic mass is 32.2. The molecule has 0 unspecified atom stereocenters. The zero-order chi connectivity index (χ0) is 14.5. The standard InChI is InChI=1S/C16H23N3OS/c20-16(13-21-12-14-4-5-14)19-9-7-18(8-10-19)11-15-3-1-2-6-17-15/h1-3,6,14H,4-5,7-13H2. The first kappa shape index (κ1) is 14.9. The summed E-state index contributed by atoms with van der Waals surface area (Å²) < 4.78 is 0. The average molecular weight is 305 g/mol.